The summed E-state index contributed by atoms with van der Waals surface area (Å²) >= 11 is 3.37. The maximum Gasteiger partial charge on any atom is 0.137 e. The predicted molar refractivity (Wildman–Crippen MR) is 78.5 cm³/mol. The zero-order valence-corrected chi connectivity index (χ0v) is 12.6. The first-order valence-electron chi connectivity index (χ1n) is 7.12. The van der Waals surface area contributed by atoms with E-state index in [1.54, 1.807) is 6.07 Å². The van der Waals surface area contributed by atoms with Crippen molar-refractivity contribution in [1.29, 1.82) is 0 Å². The minimum absolute atomic E-state index is 0.163. The van der Waals surface area contributed by atoms with Crippen LogP contribution >= 0.6 is 15.9 Å². The number of nitrogens with zero attached hydrogens (tertiary/aromatic N) is 1. The molecule has 1 saturated carbocycles. The lowest BCUT2D eigenvalue weighted by molar-refractivity contribution is 0.250. The first-order chi connectivity index (χ1) is 9.24. The summed E-state index contributed by atoms with van der Waals surface area (Å²) in [6.07, 6.45) is 3.92. The normalized spacial score (nSPS) is 25.3. The van der Waals surface area contributed by atoms with Gasteiger partial charge >= 0.3 is 0 Å². The molecule has 1 saturated heterocycles. The number of halogens is 2. The summed E-state index contributed by atoms with van der Waals surface area (Å²) in [7, 11) is 0. The molecule has 3 rings (SSSR count). The van der Waals surface area contributed by atoms with Crippen LogP contribution in [0.5, 0.6) is 0 Å². The van der Waals surface area contributed by atoms with E-state index in [9.17, 15) is 4.39 Å². The van der Waals surface area contributed by atoms with Gasteiger partial charge in [-0.25, -0.2) is 4.39 Å². The minimum atomic E-state index is -0.163. The molecule has 0 bridgehead atoms. The smallest absolute Gasteiger partial charge is 0.137 e. The van der Waals surface area contributed by atoms with Gasteiger partial charge in [0.25, 0.3) is 0 Å². The van der Waals surface area contributed by atoms with E-state index in [-0.39, 0.29) is 5.82 Å². The Hall–Kier alpha value is -0.450. The Morgan fingerprint density at radius 3 is 3.00 bits per heavy atom. The van der Waals surface area contributed by atoms with Crippen LogP contribution in [0.25, 0.3) is 0 Å². The topological polar surface area (TPSA) is 15.3 Å². The molecule has 1 aliphatic heterocycles. The molecule has 1 aromatic carbocycles. The summed E-state index contributed by atoms with van der Waals surface area (Å²) in [6.45, 7) is 4.14. The van der Waals surface area contributed by atoms with Gasteiger partial charge in [-0.3, -0.25) is 4.90 Å². The van der Waals surface area contributed by atoms with Gasteiger partial charge in [0.05, 0.1) is 4.47 Å². The molecule has 2 fully saturated rings. The first-order valence-corrected chi connectivity index (χ1v) is 7.92. The molecule has 2 nitrogen and oxygen atoms in total. The maximum atomic E-state index is 13.6. The average molecular weight is 327 g/mol. The van der Waals surface area contributed by atoms with Crippen LogP contribution in [0.1, 0.15) is 24.8 Å². The van der Waals surface area contributed by atoms with E-state index in [2.05, 4.69) is 26.1 Å². The van der Waals surface area contributed by atoms with E-state index >= 15 is 0 Å². The molecule has 1 aromatic rings. The van der Waals surface area contributed by atoms with E-state index in [0.717, 1.165) is 37.7 Å². The molecule has 0 amide bonds. The van der Waals surface area contributed by atoms with E-state index in [1.807, 2.05) is 6.07 Å². The quantitative estimate of drug-likeness (QED) is 0.917. The van der Waals surface area contributed by atoms with Crippen molar-refractivity contribution in [2.45, 2.75) is 31.8 Å². The molecule has 0 spiro atoms. The summed E-state index contributed by atoms with van der Waals surface area (Å²) in [5.74, 6) is 0.709. The lowest BCUT2D eigenvalue weighted by Gasteiger charge is -2.24. The van der Waals surface area contributed by atoms with Gasteiger partial charge in [0.15, 0.2) is 0 Å². The van der Waals surface area contributed by atoms with E-state index < -0.39 is 0 Å². The Bertz CT molecular complexity index is 448. The van der Waals surface area contributed by atoms with Crippen LogP contribution in [-0.2, 0) is 6.54 Å². The molecular formula is C15H20BrFN2. The second-order valence-corrected chi connectivity index (χ2v) is 6.49. The van der Waals surface area contributed by atoms with E-state index in [4.69, 9.17) is 0 Å². The highest BCUT2D eigenvalue weighted by Gasteiger charge is 2.33. The molecule has 4 heteroatoms. The average Bonchev–Trinajstić information content (AvgIpc) is 3.21. The Labute approximate surface area is 122 Å². The molecule has 0 aromatic heterocycles. The second-order valence-electron chi connectivity index (χ2n) is 5.70. The zero-order chi connectivity index (χ0) is 13.2. The summed E-state index contributed by atoms with van der Waals surface area (Å²) in [5, 5.41) is 3.66. The van der Waals surface area contributed by atoms with Gasteiger partial charge < -0.3 is 5.32 Å². The van der Waals surface area contributed by atoms with Crippen LogP contribution in [-0.4, -0.2) is 30.6 Å². The standard InChI is InChI=1S/C15H20BrFN2/c16-15-12(3-1-4-13(15)17)9-19-8-2-7-18-14(10-19)11-5-6-11/h1,3-4,11,14,18H,2,5-10H2. The van der Waals surface area contributed by atoms with Crippen molar-refractivity contribution in [2.75, 3.05) is 19.6 Å². The first kappa shape index (κ1) is 13.5. The molecule has 1 N–H and O–H groups in total. The van der Waals surface area contributed by atoms with Gasteiger partial charge in [0.1, 0.15) is 5.82 Å². The van der Waals surface area contributed by atoms with Gasteiger partial charge in [-0.05, 0) is 65.8 Å². The summed E-state index contributed by atoms with van der Waals surface area (Å²) < 4.78 is 14.2. The minimum Gasteiger partial charge on any atom is -0.312 e. The SMILES string of the molecule is Fc1cccc(CN2CCCNC(C3CC3)C2)c1Br. The van der Waals surface area contributed by atoms with Crippen molar-refractivity contribution in [1.82, 2.24) is 10.2 Å². The van der Waals surface area contributed by atoms with Gasteiger partial charge in [0, 0.05) is 19.1 Å². The zero-order valence-electron chi connectivity index (χ0n) is 11.0. The highest BCUT2D eigenvalue weighted by atomic mass is 79.9. The third-order valence-corrected chi connectivity index (χ3v) is 5.02. The van der Waals surface area contributed by atoms with Crippen LogP contribution in [0.15, 0.2) is 22.7 Å². The highest BCUT2D eigenvalue weighted by Crippen LogP contribution is 2.34. The van der Waals surface area contributed by atoms with Gasteiger partial charge in [-0.1, -0.05) is 12.1 Å². The maximum absolute atomic E-state index is 13.6. The fraction of sp³-hybridized carbons (Fsp3) is 0.600. The van der Waals surface area contributed by atoms with Crippen molar-refractivity contribution in [3.05, 3.63) is 34.1 Å². The third-order valence-electron chi connectivity index (χ3n) is 4.13. The molecule has 1 heterocycles. The molecule has 1 atom stereocenters. The highest BCUT2D eigenvalue weighted by molar-refractivity contribution is 9.10. The fourth-order valence-corrected chi connectivity index (χ4v) is 3.28. The van der Waals surface area contributed by atoms with Crippen molar-refractivity contribution < 1.29 is 4.39 Å². The van der Waals surface area contributed by atoms with Gasteiger partial charge in [0.2, 0.25) is 0 Å². The van der Waals surface area contributed by atoms with Crippen molar-refractivity contribution in [3.63, 3.8) is 0 Å². The van der Waals surface area contributed by atoms with Crippen LogP contribution in [0.2, 0.25) is 0 Å². The Balaban J connectivity index is 1.68. The van der Waals surface area contributed by atoms with Crippen LogP contribution < -0.4 is 5.32 Å². The molecule has 104 valence electrons. The van der Waals surface area contributed by atoms with Gasteiger partial charge in [-0.15, -0.1) is 0 Å². The number of hydrogen-bond acceptors (Lipinski definition) is 2. The monoisotopic (exact) mass is 326 g/mol. The summed E-state index contributed by atoms with van der Waals surface area (Å²) in [5.41, 5.74) is 1.05. The lowest BCUT2D eigenvalue weighted by atomic mass is 10.1. The molecule has 2 aliphatic rings. The van der Waals surface area contributed by atoms with Crippen molar-refractivity contribution >= 4 is 15.9 Å². The van der Waals surface area contributed by atoms with Crippen LogP contribution in [0, 0.1) is 11.7 Å². The summed E-state index contributed by atoms with van der Waals surface area (Å²) in [4.78, 5) is 2.46. The third kappa shape index (κ3) is 3.36. The van der Waals surface area contributed by atoms with E-state index in [0.29, 0.717) is 10.5 Å². The Kier molecular flexibility index (Phi) is 4.20. The molecule has 1 unspecified atom stereocenters. The molecule has 0 radical (unpaired) electrons. The largest absolute Gasteiger partial charge is 0.312 e. The summed E-state index contributed by atoms with van der Waals surface area (Å²) in [6, 6.07) is 5.95. The lowest BCUT2D eigenvalue weighted by Crippen LogP contribution is -2.39. The van der Waals surface area contributed by atoms with Crippen molar-refractivity contribution in [2.24, 2.45) is 5.92 Å². The second kappa shape index (κ2) is 5.90. The predicted octanol–water partition coefficient (Wildman–Crippen LogP) is 3.16. The molecule has 19 heavy (non-hydrogen) atoms. The number of rotatable bonds is 3. The molecule has 1 aliphatic carbocycles. The Morgan fingerprint density at radius 2 is 2.21 bits per heavy atom. The number of hydrogen-bond donors (Lipinski definition) is 1. The fourth-order valence-electron chi connectivity index (χ4n) is 2.89. The van der Waals surface area contributed by atoms with Crippen LogP contribution in [0.3, 0.4) is 0 Å². The number of benzene rings is 1. The van der Waals surface area contributed by atoms with Crippen molar-refractivity contribution in [3.8, 4) is 0 Å². The Morgan fingerprint density at radius 1 is 1.37 bits per heavy atom. The van der Waals surface area contributed by atoms with E-state index in [1.165, 1.54) is 25.3 Å². The number of nitrogens with one attached hydrogen (secondary N) is 1. The van der Waals surface area contributed by atoms with Crippen LogP contribution in [0.4, 0.5) is 4.39 Å². The molecular weight excluding hydrogens is 307 g/mol. The van der Waals surface area contributed by atoms with Gasteiger partial charge in [-0.2, -0.15) is 0 Å².